The minimum atomic E-state index is -1.24. The Hall–Kier alpha value is -6.25. The van der Waals surface area contributed by atoms with Crippen LogP contribution in [0, 0.1) is 0 Å². The fraction of sp³-hybridized carbons (Fsp3) is 0.0577. The molecule has 59 heavy (non-hydrogen) atoms. The Morgan fingerprint density at radius 2 is 1.08 bits per heavy atom. The molecule has 3 heterocycles. The van der Waals surface area contributed by atoms with Crippen molar-refractivity contribution < 1.29 is 4.21 Å². The molecule has 286 valence electrons. The molecule has 1 aromatic heterocycles. The maximum absolute atomic E-state index is 14.1. The molecule has 0 atom stereocenters. The molecule has 1 aliphatic carbocycles. The van der Waals surface area contributed by atoms with Crippen molar-refractivity contribution in [1.29, 1.82) is 0 Å². The maximum Gasteiger partial charge on any atom is 0.195 e. The number of fused-ring (bicyclic) bond motifs is 5. The third kappa shape index (κ3) is 6.47. The molecule has 0 saturated heterocycles. The van der Waals surface area contributed by atoms with E-state index in [0.717, 1.165) is 81.4 Å². The van der Waals surface area contributed by atoms with Crippen LogP contribution in [0.5, 0.6) is 0 Å². The average Bonchev–Trinajstić information content (AvgIpc) is 3.54. The van der Waals surface area contributed by atoms with E-state index < -0.39 is 10.8 Å². The van der Waals surface area contributed by atoms with Crippen molar-refractivity contribution >= 4 is 82.5 Å². The Balaban J connectivity index is 0.00000207. The number of hydrogen-bond donors (Lipinski definition) is 0. The van der Waals surface area contributed by atoms with E-state index in [0.29, 0.717) is 0 Å². The molecule has 2 aliphatic heterocycles. The fourth-order valence-corrected chi connectivity index (χ4v) is 11.6. The number of para-hydroxylation sites is 3. The van der Waals surface area contributed by atoms with Gasteiger partial charge in [0.15, 0.2) is 5.43 Å². The Morgan fingerprint density at radius 1 is 0.525 bits per heavy atom. The predicted octanol–water partition coefficient (Wildman–Crippen LogP) is 14.7. The average molecular weight is 819 g/mol. The van der Waals surface area contributed by atoms with Crippen LogP contribution in [0.2, 0.25) is 0 Å². The zero-order valence-corrected chi connectivity index (χ0v) is 34.9. The maximum atomic E-state index is 14.1. The van der Waals surface area contributed by atoms with Crippen LogP contribution in [0.3, 0.4) is 0 Å². The molecule has 8 aromatic rings. The molecule has 0 radical (unpaired) electrons. The van der Waals surface area contributed by atoms with Crippen molar-refractivity contribution in [2.75, 3.05) is 9.80 Å². The molecule has 11 rings (SSSR count). The molecular weight excluding hydrogens is 781 g/mol. The van der Waals surface area contributed by atoms with Crippen LogP contribution in [-0.2, 0) is 10.8 Å². The minimum absolute atomic E-state index is 0.0462. The summed E-state index contributed by atoms with van der Waals surface area (Å²) < 4.78 is 15.3. The van der Waals surface area contributed by atoms with Gasteiger partial charge < -0.3 is 9.80 Å². The van der Waals surface area contributed by atoms with Gasteiger partial charge in [-0.2, -0.15) is 0 Å². The summed E-state index contributed by atoms with van der Waals surface area (Å²) in [6.45, 7) is 4.00. The van der Waals surface area contributed by atoms with Crippen LogP contribution >= 0.6 is 23.1 Å². The first-order chi connectivity index (χ1) is 29.1. The Morgan fingerprint density at radius 3 is 1.78 bits per heavy atom. The highest BCUT2D eigenvalue weighted by Gasteiger charge is 2.29. The van der Waals surface area contributed by atoms with Crippen molar-refractivity contribution in [1.82, 2.24) is 0 Å². The molecule has 3 aliphatic rings. The smallest absolute Gasteiger partial charge is 0.195 e. The van der Waals surface area contributed by atoms with Crippen LogP contribution in [0.1, 0.15) is 20.3 Å². The van der Waals surface area contributed by atoms with Gasteiger partial charge in [-0.05, 0) is 126 Å². The van der Waals surface area contributed by atoms with Gasteiger partial charge >= 0.3 is 0 Å². The van der Waals surface area contributed by atoms with E-state index in [-0.39, 0.29) is 5.43 Å². The van der Waals surface area contributed by atoms with E-state index in [2.05, 4.69) is 131 Å². The third-order valence-electron chi connectivity index (χ3n) is 10.8. The number of anilines is 5. The Kier molecular flexibility index (Phi) is 9.73. The molecule has 0 unspecified atom stereocenters. The molecule has 0 N–H and O–H groups in total. The Bertz CT molecular complexity index is 3080. The number of nitrogens with zero attached hydrogens (tertiary/aromatic N) is 2. The van der Waals surface area contributed by atoms with E-state index in [4.69, 9.17) is 0 Å². The number of benzene rings is 7. The van der Waals surface area contributed by atoms with Gasteiger partial charge in [-0.1, -0.05) is 111 Å². The topological polar surface area (TPSA) is 40.6 Å². The van der Waals surface area contributed by atoms with Gasteiger partial charge in [-0.3, -0.25) is 4.79 Å². The quantitative estimate of drug-likeness (QED) is 0.165. The van der Waals surface area contributed by atoms with Crippen LogP contribution < -0.4 is 15.2 Å². The van der Waals surface area contributed by atoms with E-state index in [9.17, 15) is 9.00 Å². The highest BCUT2D eigenvalue weighted by molar-refractivity contribution is 8.03. The van der Waals surface area contributed by atoms with Crippen LogP contribution in [0.25, 0.3) is 42.4 Å². The summed E-state index contributed by atoms with van der Waals surface area (Å²) >= 11 is 3.48. The van der Waals surface area contributed by atoms with Gasteiger partial charge in [-0.25, -0.2) is 4.21 Å². The van der Waals surface area contributed by atoms with Crippen molar-refractivity contribution in [3.63, 3.8) is 0 Å². The SMILES string of the molecule is CC.O=c1c2ccc(-c3ccc(N4C5=C(C=CCC=C5)Sc5ccccc54)cc3)cc2sc2ccc(-c3ccc(N4c5ccccc5S(=O)c5ccccc54)cc3)cc12. The van der Waals surface area contributed by atoms with E-state index in [1.807, 2.05) is 86.3 Å². The zero-order chi connectivity index (χ0) is 40.0. The second kappa shape index (κ2) is 15.5. The van der Waals surface area contributed by atoms with Gasteiger partial charge in [0.2, 0.25) is 0 Å². The summed E-state index contributed by atoms with van der Waals surface area (Å²) in [6.07, 6.45) is 9.84. The molecule has 0 amide bonds. The molecule has 7 heteroatoms. The lowest BCUT2D eigenvalue weighted by Gasteiger charge is -2.33. The number of allylic oxidation sites excluding steroid dienone is 4. The summed E-state index contributed by atoms with van der Waals surface area (Å²) in [5.41, 5.74) is 10.6. The molecule has 0 saturated carbocycles. The summed E-state index contributed by atoms with van der Waals surface area (Å²) in [4.78, 5) is 22.7. The zero-order valence-electron chi connectivity index (χ0n) is 32.5. The van der Waals surface area contributed by atoms with E-state index >= 15 is 0 Å². The van der Waals surface area contributed by atoms with Gasteiger partial charge in [0.1, 0.15) is 0 Å². The summed E-state index contributed by atoms with van der Waals surface area (Å²) in [6, 6.07) is 53.9. The standard InChI is InChI=1S/C50H32N2O2S3.C2H6/c53-50-38-28-22-35(33-20-24-36(25-21-33)51-40-10-2-1-3-14-45(40)56-46-15-7-4-11-41(46)51)31-47(38)55-44-29-23-34(30-39(44)50)32-18-26-37(27-19-32)52-42-12-5-8-16-48(42)57(54)49-17-9-6-13-43(49)52;1-2/h2-31H,1H2;1-2H3. The normalized spacial score (nSPS) is 14.3. The number of thioether (sulfide) groups is 1. The van der Waals surface area contributed by atoms with Crippen molar-refractivity contribution in [2.45, 2.75) is 35.0 Å². The molecular formula is C52H38N2O2S3. The van der Waals surface area contributed by atoms with Gasteiger partial charge in [0, 0.05) is 41.3 Å². The minimum Gasteiger partial charge on any atom is -0.308 e. The van der Waals surface area contributed by atoms with Crippen LogP contribution in [0.15, 0.2) is 212 Å². The predicted molar refractivity (Wildman–Crippen MR) is 252 cm³/mol. The Labute approximate surface area is 354 Å². The third-order valence-corrected chi connectivity index (χ3v) is 14.6. The number of rotatable bonds is 4. The second-order valence-electron chi connectivity index (χ2n) is 14.2. The molecule has 0 bridgehead atoms. The van der Waals surface area contributed by atoms with Crippen LogP contribution in [-0.4, -0.2) is 4.21 Å². The van der Waals surface area contributed by atoms with Crippen molar-refractivity contribution in [2.24, 2.45) is 0 Å². The molecule has 0 fully saturated rings. The summed E-state index contributed by atoms with van der Waals surface area (Å²) in [5.74, 6) is 0. The fourth-order valence-electron chi connectivity index (χ4n) is 8.07. The van der Waals surface area contributed by atoms with E-state index in [1.54, 1.807) is 11.3 Å². The molecule has 4 nitrogen and oxygen atoms in total. The van der Waals surface area contributed by atoms with Gasteiger partial charge in [0.05, 0.1) is 43.3 Å². The largest absolute Gasteiger partial charge is 0.308 e. The lowest BCUT2D eigenvalue weighted by atomic mass is 10.0. The monoisotopic (exact) mass is 818 g/mol. The summed E-state index contributed by atoms with van der Waals surface area (Å²) in [7, 11) is -1.24. The summed E-state index contributed by atoms with van der Waals surface area (Å²) in [5, 5.41) is 1.46. The van der Waals surface area contributed by atoms with E-state index in [1.165, 1.54) is 21.2 Å². The van der Waals surface area contributed by atoms with Crippen molar-refractivity contribution in [3.8, 4) is 22.3 Å². The highest BCUT2D eigenvalue weighted by Crippen LogP contribution is 2.49. The first kappa shape index (κ1) is 37.0. The number of hydrogen-bond acceptors (Lipinski definition) is 6. The highest BCUT2D eigenvalue weighted by atomic mass is 32.2. The lowest BCUT2D eigenvalue weighted by Crippen LogP contribution is -2.19. The second-order valence-corrected chi connectivity index (χ2v) is 17.8. The van der Waals surface area contributed by atoms with Gasteiger partial charge in [-0.15, -0.1) is 11.3 Å². The first-order valence-electron chi connectivity index (χ1n) is 19.8. The lowest BCUT2D eigenvalue weighted by molar-refractivity contribution is 0.682. The molecule has 0 spiro atoms. The van der Waals surface area contributed by atoms with Gasteiger partial charge in [0.25, 0.3) is 0 Å². The van der Waals surface area contributed by atoms with Crippen molar-refractivity contribution in [3.05, 3.63) is 203 Å². The first-order valence-corrected chi connectivity index (χ1v) is 22.6. The molecule has 7 aromatic carbocycles. The van der Waals surface area contributed by atoms with Crippen LogP contribution in [0.4, 0.5) is 28.4 Å².